The second-order valence-corrected chi connectivity index (χ2v) is 6.79. The summed E-state index contributed by atoms with van der Waals surface area (Å²) in [6.07, 6.45) is 1.60. The van der Waals surface area contributed by atoms with Crippen molar-refractivity contribution in [3.8, 4) is 0 Å². The Morgan fingerprint density at radius 3 is 2.00 bits per heavy atom. The molecule has 0 aromatic heterocycles. The summed E-state index contributed by atoms with van der Waals surface area (Å²) in [5, 5.41) is -0.373. The van der Waals surface area contributed by atoms with Crippen LogP contribution in [0, 0.1) is 5.92 Å². The molecule has 19 heavy (non-hydrogen) atoms. The largest absolute Gasteiger partial charge is 0.349 e. The van der Waals surface area contributed by atoms with Crippen LogP contribution >= 0.6 is 58.0 Å². The van der Waals surface area contributed by atoms with Crippen molar-refractivity contribution in [2.75, 3.05) is 14.2 Å². The molecule has 0 aromatic carbocycles. The Morgan fingerprint density at radius 2 is 1.63 bits per heavy atom. The molecule has 0 heterocycles. The minimum atomic E-state index is -1.47. The van der Waals surface area contributed by atoms with E-state index in [1.165, 1.54) is 14.2 Å². The van der Waals surface area contributed by atoms with Crippen LogP contribution in [-0.2, 0) is 9.47 Å². The highest BCUT2D eigenvalue weighted by Crippen LogP contribution is 2.72. The summed E-state index contributed by atoms with van der Waals surface area (Å²) in [6.45, 7) is 3.52. The molecule has 1 fully saturated rings. The minimum absolute atomic E-state index is 0.142. The standard InChI is InChI=1S/C12H11Cl5O2/c1-4-5-6-7(13)11(17)9(15)8(14)10(6,16)12(11,18-2)19-3/h5-7H,1H2,2-3H3/t6-,7+,10-,11+/m1/s1. The zero-order valence-electron chi connectivity index (χ0n) is 10.1. The molecule has 0 saturated heterocycles. The van der Waals surface area contributed by atoms with E-state index >= 15 is 0 Å². The van der Waals surface area contributed by atoms with E-state index in [1.807, 2.05) is 0 Å². The van der Waals surface area contributed by atoms with Crippen molar-refractivity contribution in [3.05, 3.63) is 28.5 Å². The van der Waals surface area contributed by atoms with Crippen LogP contribution in [0.5, 0.6) is 0 Å². The average molecular weight is 364 g/mol. The van der Waals surface area contributed by atoms with Gasteiger partial charge in [0.25, 0.3) is 0 Å². The number of hydrogen-bond acceptors (Lipinski definition) is 2. The van der Waals surface area contributed by atoms with Crippen molar-refractivity contribution in [1.29, 1.82) is 0 Å². The number of allylic oxidation sites excluding steroid dienone is 1. The van der Waals surface area contributed by atoms with Gasteiger partial charge in [-0.15, -0.1) is 40.5 Å². The lowest BCUT2D eigenvalue weighted by Gasteiger charge is -2.40. The Labute approximate surface area is 136 Å². The van der Waals surface area contributed by atoms with Crippen LogP contribution < -0.4 is 0 Å². The molecule has 0 aliphatic heterocycles. The smallest absolute Gasteiger partial charge is 0.219 e. The first-order valence-electron chi connectivity index (χ1n) is 5.34. The number of ether oxygens (including phenoxy) is 2. The summed E-state index contributed by atoms with van der Waals surface area (Å²) >= 11 is 32.3. The summed E-state index contributed by atoms with van der Waals surface area (Å²) in [5.74, 6) is -1.96. The summed E-state index contributed by atoms with van der Waals surface area (Å²) in [6, 6.07) is 0. The molecule has 2 aliphatic rings. The molecule has 0 unspecified atom stereocenters. The first-order chi connectivity index (χ1) is 8.79. The Hall–Kier alpha value is 0.630. The van der Waals surface area contributed by atoms with E-state index in [-0.39, 0.29) is 10.1 Å². The van der Waals surface area contributed by atoms with E-state index in [4.69, 9.17) is 67.5 Å². The third kappa shape index (κ3) is 1.45. The molecule has 0 N–H and O–H groups in total. The number of halogens is 5. The Balaban J connectivity index is 2.81. The van der Waals surface area contributed by atoms with Crippen molar-refractivity contribution >= 4 is 58.0 Å². The lowest BCUT2D eigenvalue weighted by atomic mass is 9.91. The van der Waals surface area contributed by atoms with Gasteiger partial charge < -0.3 is 9.47 Å². The van der Waals surface area contributed by atoms with Gasteiger partial charge in [0.2, 0.25) is 5.79 Å². The maximum absolute atomic E-state index is 6.70. The van der Waals surface area contributed by atoms with E-state index in [0.717, 1.165) is 0 Å². The molecule has 0 amide bonds. The average Bonchev–Trinajstić information content (AvgIpc) is 2.63. The SMILES string of the molecule is C=C=C[C@@H]1[C@H](Cl)[C@]2(Cl)C(Cl)=C(Cl)[C@@]1(Cl)C2(OC)OC. The lowest BCUT2D eigenvalue weighted by molar-refractivity contribution is -0.217. The molecule has 2 bridgehead atoms. The molecule has 0 aromatic rings. The van der Waals surface area contributed by atoms with Crippen LogP contribution in [0.4, 0.5) is 0 Å². The van der Waals surface area contributed by atoms with Gasteiger partial charge in [0.05, 0.1) is 15.4 Å². The predicted octanol–water partition coefficient (Wildman–Crippen LogP) is 4.21. The maximum Gasteiger partial charge on any atom is 0.219 e. The topological polar surface area (TPSA) is 18.5 Å². The third-order valence-corrected chi connectivity index (χ3v) is 7.15. The molecule has 4 atom stereocenters. The molecule has 1 saturated carbocycles. The Kier molecular flexibility index (Phi) is 4.07. The second kappa shape index (κ2) is 4.83. The van der Waals surface area contributed by atoms with Crippen molar-refractivity contribution in [2.24, 2.45) is 5.92 Å². The summed E-state index contributed by atoms with van der Waals surface area (Å²) in [7, 11) is 2.84. The Morgan fingerprint density at radius 1 is 1.16 bits per heavy atom. The fraction of sp³-hybridized carbons (Fsp3) is 0.583. The molecular weight excluding hydrogens is 353 g/mol. The van der Waals surface area contributed by atoms with E-state index < -0.39 is 26.8 Å². The van der Waals surface area contributed by atoms with Gasteiger partial charge in [-0.1, -0.05) is 29.8 Å². The van der Waals surface area contributed by atoms with Crippen molar-refractivity contribution in [1.82, 2.24) is 0 Å². The fourth-order valence-electron chi connectivity index (χ4n) is 2.99. The van der Waals surface area contributed by atoms with Gasteiger partial charge in [0.15, 0.2) is 4.87 Å². The molecule has 2 nitrogen and oxygen atoms in total. The van der Waals surface area contributed by atoms with Crippen LogP contribution in [0.1, 0.15) is 0 Å². The number of hydrogen-bond donors (Lipinski definition) is 0. The predicted molar refractivity (Wildman–Crippen MR) is 79.5 cm³/mol. The molecule has 106 valence electrons. The van der Waals surface area contributed by atoms with E-state index in [1.54, 1.807) is 6.08 Å². The van der Waals surface area contributed by atoms with Gasteiger partial charge in [-0.3, -0.25) is 0 Å². The number of fused-ring (bicyclic) bond motifs is 2. The van der Waals surface area contributed by atoms with Gasteiger partial charge in [-0.2, -0.15) is 0 Å². The monoisotopic (exact) mass is 362 g/mol. The fourth-order valence-corrected chi connectivity index (χ4v) is 5.68. The number of alkyl halides is 3. The zero-order valence-corrected chi connectivity index (χ0v) is 13.9. The summed E-state index contributed by atoms with van der Waals surface area (Å²) in [4.78, 5) is -2.70. The molecule has 0 spiro atoms. The van der Waals surface area contributed by atoms with Crippen molar-refractivity contribution < 1.29 is 9.47 Å². The zero-order chi connectivity index (χ0) is 14.6. The lowest BCUT2D eigenvalue weighted by Crippen LogP contribution is -2.57. The molecule has 7 heteroatoms. The maximum atomic E-state index is 6.70. The number of rotatable bonds is 3. The van der Waals surface area contributed by atoms with Crippen molar-refractivity contribution in [3.63, 3.8) is 0 Å². The third-order valence-electron chi connectivity index (χ3n) is 3.82. The van der Waals surface area contributed by atoms with Gasteiger partial charge in [-0.05, 0) is 6.08 Å². The van der Waals surface area contributed by atoms with Crippen LogP contribution in [0.25, 0.3) is 0 Å². The highest BCUT2D eigenvalue weighted by atomic mass is 35.5. The first kappa shape index (κ1) is 16.0. The second-order valence-electron chi connectivity index (χ2n) is 4.37. The normalized spacial score (nSPS) is 43.5. The van der Waals surface area contributed by atoms with Gasteiger partial charge >= 0.3 is 0 Å². The first-order valence-corrected chi connectivity index (χ1v) is 7.28. The number of methoxy groups -OCH3 is 2. The molecular formula is C12H11Cl5O2. The van der Waals surface area contributed by atoms with Crippen LogP contribution in [0.2, 0.25) is 0 Å². The van der Waals surface area contributed by atoms with Crippen LogP contribution in [-0.4, -0.2) is 35.1 Å². The van der Waals surface area contributed by atoms with Crippen LogP contribution in [0.3, 0.4) is 0 Å². The molecule has 2 rings (SSSR count). The van der Waals surface area contributed by atoms with Crippen LogP contribution in [0.15, 0.2) is 28.5 Å². The quantitative estimate of drug-likeness (QED) is 0.424. The summed E-state index contributed by atoms with van der Waals surface area (Å²) < 4.78 is 11.0. The molecule has 0 radical (unpaired) electrons. The minimum Gasteiger partial charge on any atom is -0.349 e. The van der Waals surface area contributed by atoms with Crippen molar-refractivity contribution in [2.45, 2.75) is 20.9 Å². The summed E-state index contributed by atoms with van der Waals surface area (Å²) in [5.41, 5.74) is 2.65. The van der Waals surface area contributed by atoms with Gasteiger partial charge in [-0.25, -0.2) is 0 Å². The highest BCUT2D eigenvalue weighted by molar-refractivity contribution is 6.54. The van der Waals surface area contributed by atoms with E-state index in [9.17, 15) is 0 Å². The van der Waals surface area contributed by atoms with Gasteiger partial charge in [0, 0.05) is 20.1 Å². The van der Waals surface area contributed by atoms with Gasteiger partial charge in [0.1, 0.15) is 4.87 Å². The van der Waals surface area contributed by atoms with E-state index in [0.29, 0.717) is 0 Å². The van der Waals surface area contributed by atoms with E-state index in [2.05, 4.69) is 12.3 Å². The molecule has 2 aliphatic carbocycles. The Bertz CT molecular complexity index is 494. The highest BCUT2D eigenvalue weighted by Gasteiger charge is 2.84.